The number of carbonyl (C=O) groups is 2. The van der Waals surface area contributed by atoms with Crippen LogP contribution in [0, 0.1) is 5.82 Å². The predicted molar refractivity (Wildman–Crippen MR) is 122 cm³/mol. The van der Waals surface area contributed by atoms with E-state index in [2.05, 4.69) is 16.0 Å². The van der Waals surface area contributed by atoms with E-state index >= 15 is 0 Å². The second-order valence-electron chi connectivity index (χ2n) is 8.38. The largest absolute Gasteiger partial charge is 0.497 e. The van der Waals surface area contributed by atoms with E-state index in [1.54, 1.807) is 13.2 Å². The topological polar surface area (TPSA) is 79.5 Å². The summed E-state index contributed by atoms with van der Waals surface area (Å²) in [6, 6.07) is 12.9. The first kappa shape index (κ1) is 23.7. The van der Waals surface area contributed by atoms with Gasteiger partial charge in [0.2, 0.25) is 5.91 Å². The van der Waals surface area contributed by atoms with Crippen LogP contribution in [0.25, 0.3) is 0 Å². The molecule has 6 nitrogen and oxygen atoms in total. The SMILES string of the molecule is COc1cc(F)cc([C@@H](C)N[C@H]2CC[C@@H](c3ccc(C(=O)NCCNC(C)=O)cc3)C2)c1. The zero-order valence-electron chi connectivity index (χ0n) is 18.9. The molecule has 1 aliphatic rings. The van der Waals surface area contributed by atoms with E-state index in [-0.39, 0.29) is 23.7 Å². The molecule has 3 rings (SSSR count). The lowest BCUT2D eigenvalue weighted by Crippen LogP contribution is -2.33. The minimum Gasteiger partial charge on any atom is -0.497 e. The third-order valence-electron chi connectivity index (χ3n) is 5.98. The molecule has 0 spiro atoms. The summed E-state index contributed by atoms with van der Waals surface area (Å²) in [4.78, 5) is 23.1. The number of hydrogen-bond acceptors (Lipinski definition) is 4. The normalized spacial score (nSPS) is 18.8. The maximum Gasteiger partial charge on any atom is 0.251 e. The maximum absolute atomic E-state index is 13.8. The van der Waals surface area contributed by atoms with Crippen molar-refractivity contribution in [3.8, 4) is 5.75 Å². The standard InChI is InChI=1S/C25H32FN3O3/c1-16(21-12-22(26)15-24(14-21)32-3)29-23-9-8-20(13-23)18-4-6-19(7-5-18)25(31)28-11-10-27-17(2)30/h4-7,12,14-16,20,23,29H,8-11,13H2,1-3H3,(H,27,30)(H,28,31)/t16-,20-,23+/m1/s1. The van der Waals surface area contributed by atoms with Gasteiger partial charge in [0.05, 0.1) is 7.11 Å². The lowest BCUT2D eigenvalue weighted by molar-refractivity contribution is -0.118. The molecule has 0 aromatic heterocycles. The molecule has 0 heterocycles. The van der Waals surface area contributed by atoms with E-state index in [1.165, 1.54) is 18.6 Å². The van der Waals surface area contributed by atoms with Gasteiger partial charge in [-0.15, -0.1) is 0 Å². The van der Waals surface area contributed by atoms with Gasteiger partial charge in [-0.2, -0.15) is 0 Å². The average Bonchev–Trinajstić information content (AvgIpc) is 3.24. The fourth-order valence-corrected chi connectivity index (χ4v) is 4.26. The van der Waals surface area contributed by atoms with E-state index in [0.29, 0.717) is 36.4 Å². The molecule has 0 unspecified atom stereocenters. The molecule has 3 atom stereocenters. The molecule has 0 saturated heterocycles. The van der Waals surface area contributed by atoms with Gasteiger partial charge in [0, 0.05) is 43.7 Å². The first-order valence-electron chi connectivity index (χ1n) is 11.1. The lowest BCUT2D eigenvalue weighted by Gasteiger charge is -2.21. The van der Waals surface area contributed by atoms with E-state index in [4.69, 9.17) is 4.74 Å². The highest BCUT2D eigenvalue weighted by Gasteiger charge is 2.27. The van der Waals surface area contributed by atoms with E-state index in [0.717, 1.165) is 24.8 Å². The first-order valence-corrected chi connectivity index (χ1v) is 11.1. The summed E-state index contributed by atoms with van der Waals surface area (Å²) in [5, 5.41) is 9.07. The number of carbonyl (C=O) groups excluding carboxylic acids is 2. The van der Waals surface area contributed by atoms with E-state index in [9.17, 15) is 14.0 Å². The smallest absolute Gasteiger partial charge is 0.251 e. The molecule has 1 saturated carbocycles. The third-order valence-corrected chi connectivity index (χ3v) is 5.98. The van der Waals surface area contributed by atoms with Gasteiger partial charge in [-0.1, -0.05) is 12.1 Å². The predicted octanol–water partition coefficient (Wildman–Crippen LogP) is 3.69. The van der Waals surface area contributed by atoms with Gasteiger partial charge in [0.15, 0.2) is 0 Å². The highest BCUT2D eigenvalue weighted by atomic mass is 19.1. The molecule has 0 radical (unpaired) electrons. The van der Waals surface area contributed by atoms with Gasteiger partial charge < -0.3 is 20.7 Å². The third kappa shape index (κ3) is 6.53. The Kier molecular flexibility index (Phi) is 8.22. The van der Waals surface area contributed by atoms with Gasteiger partial charge in [0.1, 0.15) is 11.6 Å². The zero-order chi connectivity index (χ0) is 23.1. The molecule has 0 aliphatic heterocycles. The molecule has 2 aromatic rings. The summed E-state index contributed by atoms with van der Waals surface area (Å²) in [7, 11) is 1.54. The van der Waals surface area contributed by atoms with Crippen molar-refractivity contribution in [3.05, 3.63) is 65.0 Å². The molecule has 32 heavy (non-hydrogen) atoms. The minimum absolute atomic E-state index is 0.0203. The second-order valence-corrected chi connectivity index (χ2v) is 8.38. The quantitative estimate of drug-likeness (QED) is 0.519. The summed E-state index contributed by atoms with van der Waals surface area (Å²) in [5.41, 5.74) is 2.71. The Morgan fingerprint density at radius 2 is 1.81 bits per heavy atom. The van der Waals surface area contributed by atoms with Crippen molar-refractivity contribution in [1.29, 1.82) is 0 Å². The number of hydrogen-bond donors (Lipinski definition) is 3. The van der Waals surface area contributed by atoms with Crippen molar-refractivity contribution in [1.82, 2.24) is 16.0 Å². The highest BCUT2D eigenvalue weighted by molar-refractivity contribution is 5.94. The molecule has 7 heteroatoms. The van der Waals surface area contributed by atoms with Crippen LogP contribution in [0.3, 0.4) is 0 Å². The van der Waals surface area contributed by atoms with Crippen molar-refractivity contribution in [2.24, 2.45) is 0 Å². The monoisotopic (exact) mass is 441 g/mol. The number of amides is 2. The van der Waals surface area contributed by atoms with Crippen LogP contribution in [0.15, 0.2) is 42.5 Å². The van der Waals surface area contributed by atoms with Crippen molar-refractivity contribution < 1.29 is 18.7 Å². The van der Waals surface area contributed by atoms with Crippen LogP contribution < -0.4 is 20.7 Å². The number of benzene rings is 2. The highest BCUT2D eigenvalue weighted by Crippen LogP contribution is 2.35. The van der Waals surface area contributed by atoms with E-state index in [1.807, 2.05) is 37.3 Å². The summed E-state index contributed by atoms with van der Waals surface area (Å²) >= 11 is 0. The Morgan fingerprint density at radius 3 is 2.50 bits per heavy atom. The minimum atomic E-state index is -0.295. The molecule has 3 N–H and O–H groups in total. The van der Waals surface area contributed by atoms with Crippen molar-refractivity contribution >= 4 is 11.8 Å². The van der Waals surface area contributed by atoms with Gasteiger partial charge in [-0.25, -0.2) is 4.39 Å². The summed E-state index contributed by atoms with van der Waals surface area (Å²) in [6.07, 6.45) is 3.12. The summed E-state index contributed by atoms with van der Waals surface area (Å²) in [5.74, 6) is 0.401. The lowest BCUT2D eigenvalue weighted by atomic mass is 9.96. The molecule has 0 bridgehead atoms. The number of ether oxygens (including phenoxy) is 1. The fraction of sp³-hybridized carbons (Fsp3) is 0.440. The number of nitrogens with one attached hydrogen (secondary N) is 3. The molecule has 2 aromatic carbocycles. The van der Waals surface area contributed by atoms with Crippen LogP contribution in [-0.2, 0) is 4.79 Å². The molecule has 1 fully saturated rings. The Morgan fingerprint density at radius 1 is 1.09 bits per heavy atom. The van der Waals surface area contributed by atoms with Gasteiger partial charge in [-0.3, -0.25) is 9.59 Å². The number of methoxy groups -OCH3 is 1. The Labute approximate surface area is 188 Å². The van der Waals surface area contributed by atoms with Gasteiger partial charge in [-0.05, 0) is 67.5 Å². The second kappa shape index (κ2) is 11.1. The molecule has 2 amide bonds. The first-order chi connectivity index (χ1) is 15.4. The van der Waals surface area contributed by atoms with Crippen molar-refractivity contribution in [3.63, 3.8) is 0 Å². The Bertz CT molecular complexity index is 933. The molecular weight excluding hydrogens is 409 g/mol. The van der Waals surface area contributed by atoms with Crippen molar-refractivity contribution in [2.45, 2.75) is 51.1 Å². The Hall–Kier alpha value is -2.93. The van der Waals surface area contributed by atoms with Crippen LogP contribution in [0.4, 0.5) is 4.39 Å². The van der Waals surface area contributed by atoms with Crippen LogP contribution in [-0.4, -0.2) is 38.1 Å². The zero-order valence-corrected chi connectivity index (χ0v) is 18.9. The number of rotatable bonds is 9. The van der Waals surface area contributed by atoms with E-state index < -0.39 is 0 Å². The van der Waals surface area contributed by atoms with Crippen molar-refractivity contribution in [2.75, 3.05) is 20.2 Å². The average molecular weight is 442 g/mol. The fourth-order valence-electron chi connectivity index (χ4n) is 4.26. The molecular formula is C25H32FN3O3. The van der Waals surface area contributed by atoms with Crippen LogP contribution in [0.2, 0.25) is 0 Å². The Balaban J connectivity index is 1.51. The molecule has 1 aliphatic carbocycles. The van der Waals surface area contributed by atoms with Gasteiger partial charge >= 0.3 is 0 Å². The summed E-state index contributed by atoms with van der Waals surface area (Å²) in [6.45, 7) is 4.30. The summed E-state index contributed by atoms with van der Waals surface area (Å²) < 4.78 is 19.0. The van der Waals surface area contributed by atoms with Crippen LogP contribution in [0.1, 0.15) is 66.6 Å². The van der Waals surface area contributed by atoms with Crippen LogP contribution >= 0.6 is 0 Å². The number of halogens is 1. The maximum atomic E-state index is 13.8. The van der Waals surface area contributed by atoms with Crippen LogP contribution in [0.5, 0.6) is 5.75 Å². The van der Waals surface area contributed by atoms with Gasteiger partial charge in [0.25, 0.3) is 5.91 Å². The molecule has 172 valence electrons.